The Morgan fingerprint density at radius 2 is 1.75 bits per heavy atom. The smallest absolute Gasteiger partial charge is 0.157 e. The van der Waals surface area contributed by atoms with Crippen LogP contribution in [0.15, 0.2) is 48.5 Å². The summed E-state index contributed by atoms with van der Waals surface area (Å²) in [5.74, 6) is 1.46. The Morgan fingerprint density at radius 3 is 2.53 bits per heavy atom. The molecule has 184 valence electrons. The van der Waals surface area contributed by atoms with Gasteiger partial charge in [-0.2, -0.15) is 0 Å². The van der Waals surface area contributed by atoms with Gasteiger partial charge in [-0.05, 0) is 72.4 Å². The van der Waals surface area contributed by atoms with E-state index in [0.29, 0.717) is 28.6 Å². The van der Waals surface area contributed by atoms with Crippen LogP contribution in [0.5, 0.6) is 0 Å². The van der Waals surface area contributed by atoms with E-state index in [2.05, 4.69) is 54.4 Å². The van der Waals surface area contributed by atoms with E-state index in [9.17, 15) is 0 Å². The molecule has 3 aromatic carbocycles. The van der Waals surface area contributed by atoms with Gasteiger partial charge in [0.25, 0.3) is 0 Å². The third-order valence-corrected chi connectivity index (χ3v) is 8.70. The minimum atomic E-state index is -0.233. The molecule has 3 aliphatic rings. The predicted octanol–water partition coefficient (Wildman–Crippen LogP) is 6.57. The zero-order valence-corrected chi connectivity index (χ0v) is 21.1. The molecule has 3 fully saturated rings. The first-order valence-electron chi connectivity index (χ1n) is 13.5. The Morgan fingerprint density at radius 1 is 0.972 bits per heavy atom. The molecule has 0 amide bonds. The minimum Gasteiger partial charge on any atom is -0.353 e. The first kappa shape index (κ1) is 22.2. The van der Waals surface area contributed by atoms with Crippen molar-refractivity contribution < 1.29 is 4.39 Å². The topological polar surface area (TPSA) is 41.0 Å². The monoisotopic (exact) mass is 480 g/mol. The van der Waals surface area contributed by atoms with Crippen LogP contribution in [0.3, 0.4) is 0 Å². The van der Waals surface area contributed by atoms with Gasteiger partial charge >= 0.3 is 0 Å². The summed E-state index contributed by atoms with van der Waals surface area (Å²) in [6.45, 7) is 6.26. The summed E-state index contributed by atoms with van der Waals surface area (Å²) in [5.41, 5.74) is 3.55. The second-order valence-corrected chi connectivity index (χ2v) is 11.7. The number of hydrogen-bond donors (Lipinski definition) is 1. The number of hydrogen-bond acceptors (Lipinski definition) is 4. The quantitative estimate of drug-likeness (QED) is 0.351. The summed E-state index contributed by atoms with van der Waals surface area (Å²) in [6, 6.07) is 17.5. The molecule has 2 atom stereocenters. The lowest BCUT2D eigenvalue weighted by molar-refractivity contribution is 0.463. The lowest BCUT2D eigenvalue weighted by atomic mass is 9.94. The maximum absolute atomic E-state index is 16.5. The standard InChI is InChI=1S/C31H33FN4/c1-19-15-20-5-3-4-6-23(20)26(16-19)24-9-10-25-29(28(24)32)34-27(11-12-31(2)13-14-31)35-30(25)36-17-21-7-8-22(18-36)33-21/h3-6,9-10,15-16,21-22,33H,7-8,11-14,17-18H2,1-2H3. The van der Waals surface area contributed by atoms with Crippen LogP contribution in [0, 0.1) is 18.2 Å². The Bertz CT molecular complexity index is 1480. The van der Waals surface area contributed by atoms with Crippen molar-refractivity contribution in [3.63, 3.8) is 0 Å². The number of anilines is 1. The number of rotatable bonds is 5. The highest BCUT2D eigenvalue weighted by atomic mass is 19.1. The van der Waals surface area contributed by atoms with Crippen molar-refractivity contribution in [1.29, 1.82) is 0 Å². The number of aryl methyl sites for hydroxylation is 2. The van der Waals surface area contributed by atoms with E-state index in [4.69, 9.17) is 9.97 Å². The third kappa shape index (κ3) is 3.85. The molecule has 0 radical (unpaired) electrons. The second kappa shape index (κ2) is 8.24. The second-order valence-electron chi connectivity index (χ2n) is 11.7. The van der Waals surface area contributed by atoms with E-state index < -0.39 is 0 Å². The van der Waals surface area contributed by atoms with Crippen molar-refractivity contribution in [2.45, 2.75) is 64.5 Å². The molecule has 5 heteroatoms. The largest absolute Gasteiger partial charge is 0.353 e. The molecule has 1 saturated carbocycles. The Labute approximate surface area is 211 Å². The highest BCUT2D eigenvalue weighted by Crippen LogP contribution is 2.48. The van der Waals surface area contributed by atoms with Gasteiger partial charge in [0, 0.05) is 42.5 Å². The van der Waals surface area contributed by atoms with Gasteiger partial charge in [-0.3, -0.25) is 0 Å². The molecule has 4 nitrogen and oxygen atoms in total. The van der Waals surface area contributed by atoms with Crippen molar-refractivity contribution in [2.75, 3.05) is 18.0 Å². The SMILES string of the molecule is Cc1cc(-c2ccc3c(N4CC5CCC(C4)N5)nc(CCC4(C)CC4)nc3c2F)c2ccccc2c1. The van der Waals surface area contributed by atoms with Gasteiger partial charge in [0.15, 0.2) is 5.82 Å². The Hall–Kier alpha value is -3.05. The molecule has 4 aromatic rings. The van der Waals surface area contributed by atoms with Crippen LogP contribution in [-0.4, -0.2) is 35.1 Å². The number of aromatic nitrogens is 2. The van der Waals surface area contributed by atoms with Crippen molar-refractivity contribution in [3.8, 4) is 11.1 Å². The number of piperazine rings is 1. The van der Waals surface area contributed by atoms with Crippen LogP contribution in [0.25, 0.3) is 32.8 Å². The fourth-order valence-corrected chi connectivity index (χ4v) is 6.28. The lowest BCUT2D eigenvalue weighted by Crippen LogP contribution is -2.51. The normalized spacial score (nSPS) is 22.5. The minimum absolute atomic E-state index is 0.233. The van der Waals surface area contributed by atoms with Crippen molar-refractivity contribution in [3.05, 3.63) is 65.7 Å². The van der Waals surface area contributed by atoms with Gasteiger partial charge in [0.2, 0.25) is 0 Å². The molecule has 2 unspecified atom stereocenters. The van der Waals surface area contributed by atoms with E-state index in [1.807, 2.05) is 18.2 Å². The summed E-state index contributed by atoms with van der Waals surface area (Å²) < 4.78 is 16.5. The average molecular weight is 481 g/mol. The molecule has 2 aliphatic heterocycles. The van der Waals surface area contributed by atoms with E-state index in [1.54, 1.807) is 0 Å². The predicted molar refractivity (Wildman–Crippen MR) is 145 cm³/mol. The maximum atomic E-state index is 16.5. The van der Waals surface area contributed by atoms with Crippen LogP contribution in [0.1, 0.15) is 50.4 Å². The molecule has 1 aromatic heterocycles. The first-order valence-corrected chi connectivity index (χ1v) is 13.5. The van der Waals surface area contributed by atoms with Crippen LogP contribution >= 0.6 is 0 Å². The fourth-order valence-electron chi connectivity index (χ4n) is 6.28. The summed E-state index contributed by atoms with van der Waals surface area (Å²) in [7, 11) is 0. The average Bonchev–Trinajstić information content (AvgIpc) is 3.53. The zero-order valence-electron chi connectivity index (χ0n) is 21.1. The summed E-state index contributed by atoms with van der Waals surface area (Å²) in [4.78, 5) is 12.3. The van der Waals surface area contributed by atoms with E-state index in [-0.39, 0.29) is 5.82 Å². The molecule has 2 saturated heterocycles. The van der Waals surface area contributed by atoms with Crippen molar-refractivity contribution in [1.82, 2.24) is 15.3 Å². The molecule has 0 spiro atoms. The van der Waals surface area contributed by atoms with Gasteiger partial charge < -0.3 is 10.2 Å². The fraction of sp³-hybridized carbons (Fsp3) is 0.419. The summed E-state index contributed by atoms with van der Waals surface area (Å²) in [5, 5.41) is 6.74. The van der Waals surface area contributed by atoms with Crippen LogP contribution in [0.4, 0.5) is 10.2 Å². The van der Waals surface area contributed by atoms with Crippen LogP contribution in [-0.2, 0) is 6.42 Å². The van der Waals surface area contributed by atoms with Gasteiger partial charge in [0.05, 0.1) is 0 Å². The van der Waals surface area contributed by atoms with E-state index in [1.165, 1.54) is 25.7 Å². The summed E-state index contributed by atoms with van der Waals surface area (Å²) >= 11 is 0. The van der Waals surface area contributed by atoms with Crippen molar-refractivity contribution in [2.24, 2.45) is 5.41 Å². The first-order chi connectivity index (χ1) is 17.5. The number of benzene rings is 3. The molecule has 1 N–H and O–H groups in total. The third-order valence-electron chi connectivity index (χ3n) is 8.70. The highest BCUT2D eigenvalue weighted by molar-refractivity contribution is 6.00. The molecule has 2 bridgehead atoms. The number of fused-ring (bicyclic) bond motifs is 4. The Balaban J connectivity index is 1.39. The van der Waals surface area contributed by atoms with Gasteiger partial charge in [-0.25, -0.2) is 14.4 Å². The zero-order chi connectivity index (χ0) is 24.4. The number of nitrogens with one attached hydrogen (secondary N) is 1. The molecule has 1 aliphatic carbocycles. The maximum Gasteiger partial charge on any atom is 0.157 e. The van der Waals surface area contributed by atoms with Gasteiger partial charge in [-0.15, -0.1) is 0 Å². The number of nitrogens with zero attached hydrogens (tertiary/aromatic N) is 3. The molecule has 7 rings (SSSR count). The lowest BCUT2D eigenvalue weighted by Gasteiger charge is -2.34. The molecule has 3 heterocycles. The molecular formula is C31H33FN4. The Kier molecular flexibility index (Phi) is 5.07. The van der Waals surface area contributed by atoms with E-state index in [0.717, 1.165) is 64.9 Å². The van der Waals surface area contributed by atoms with Gasteiger partial charge in [-0.1, -0.05) is 49.4 Å². The van der Waals surface area contributed by atoms with Crippen LogP contribution < -0.4 is 10.2 Å². The van der Waals surface area contributed by atoms with Crippen LogP contribution in [0.2, 0.25) is 0 Å². The van der Waals surface area contributed by atoms with Gasteiger partial charge in [0.1, 0.15) is 17.2 Å². The summed E-state index contributed by atoms with van der Waals surface area (Å²) in [6.07, 6.45) is 6.81. The van der Waals surface area contributed by atoms with E-state index >= 15 is 4.39 Å². The van der Waals surface area contributed by atoms with Crippen molar-refractivity contribution >= 4 is 27.5 Å². The molecular weight excluding hydrogens is 447 g/mol. The number of halogens is 1. The molecule has 36 heavy (non-hydrogen) atoms. The highest BCUT2D eigenvalue weighted by Gasteiger charge is 2.37.